The van der Waals surface area contributed by atoms with Crippen LogP contribution in [0.25, 0.3) is 5.69 Å². The molecule has 1 fully saturated rings. The SMILES string of the molecule is COc1ccc(-n2c(=O)cc(N3CC[NH+](C)CC3)[nH]c2=O)cc1. The Balaban J connectivity index is 1.94. The van der Waals surface area contributed by atoms with Gasteiger partial charge in [-0.05, 0) is 24.3 Å². The average molecular weight is 317 g/mol. The minimum atomic E-state index is -0.427. The number of piperazine rings is 1. The summed E-state index contributed by atoms with van der Waals surface area (Å²) in [4.78, 5) is 31.1. The Morgan fingerprint density at radius 1 is 1.13 bits per heavy atom. The molecule has 0 atom stereocenters. The number of quaternary nitrogens is 1. The predicted molar refractivity (Wildman–Crippen MR) is 88.0 cm³/mol. The minimum Gasteiger partial charge on any atom is -0.497 e. The van der Waals surface area contributed by atoms with E-state index in [0.29, 0.717) is 17.3 Å². The fourth-order valence-electron chi connectivity index (χ4n) is 2.76. The van der Waals surface area contributed by atoms with Crippen LogP contribution in [0, 0.1) is 0 Å². The zero-order valence-electron chi connectivity index (χ0n) is 13.3. The van der Waals surface area contributed by atoms with Crippen molar-refractivity contribution >= 4 is 5.82 Å². The van der Waals surface area contributed by atoms with Crippen LogP contribution in [0.2, 0.25) is 0 Å². The van der Waals surface area contributed by atoms with E-state index in [2.05, 4.69) is 12.0 Å². The predicted octanol–water partition coefficient (Wildman–Crippen LogP) is -1.13. The Labute approximate surface area is 133 Å². The second-order valence-electron chi connectivity index (χ2n) is 5.78. The molecule has 1 aliphatic heterocycles. The lowest BCUT2D eigenvalue weighted by atomic mass is 10.3. The van der Waals surface area contributed by atoms with Crippen molar-refractivity contribution < 1.29 is 9.64 Å². The summed E-state index contributed by atoms with van der Waals surface area (Å²) >= 11 is 0. The van der Waals surface area contributed by atoms with Gasteiger partial charge in [0, 0.05) is 6.07 Å². The van der Waals surface area contributed by atoms with E-state index in [1.54, 1.807) is 31.4 Å². The first-order chi connectivity index (χ1) is 11.1. The number of H-pyrrole nitrogens is 1. The number of nitrogens with zero attached hydrogens (tertiary/aromatic N) is 2. The van der Waals surface area contributed by atoms with Crippen molar-refractivity contribution in [3.63, 3.8) is 0 Å². The lowest BCUT2D eigenvalue weighted by Gasteiger charge is -2.31. The summed E-state index contributed by atoms with van der Waals surface area (Å²) in [6.45, 7) is 3.63. The first kappa shape index (κ1) is 15.4. The van der Waals surface area contributed by atoms with Gasteiger partial charge in [0.05, 0.1) is 46.0 Å². The van der Waals surface area contributed by atoms with Gasteiger partial charge in [-0.1, -0.05) is 0 Å². The lowest BCUT2D eigenvalue weighted by molar-refractivity contribution is -0.880. The van der Waals surface area contributed by atoms with Crippen LogP contribution in [0.5, 0.6) is 5.75 Å². The average Bonchev–Trinajstić information content (AvgIpc) is 2.55. The number of rotatable bonds is 3. The third-order valence-electron chi connectivity index (χ3n) is 4.21. The van der Waals surface area contributed by atoms with Gasteiger partial charge < -0.3 is 14.5 Å². The maximum Gasteiger partial charge on any atom is 0.334 e. The van der Waals surface area contributed by atoms with Crippen molar-refractivity contribution in [1.82, 2.24) is 9.55 Å². The molecule has 0 amide bonds. The zero-order chi connectivity index (χ0) is 16.4. The van der Waals surface area contributed by atoms with Gasteiger partial charge in [-0.3, -0.25) is 9.78 Å². The summed E-state index contributed by atoms with van der Waals surface area (Å²) in [5.74, 6) is 1.27. The van der Waals surface area contributed by atoms with Gasteiger partial charge >= 0.3 is 5.69 Å². The van der Waals surface area contributed by atoms with Gasteiger partial charge in [-0.25, -0.2) is 9.36 Å². The Kier molecular flexibility index (Phi) is 4.20. The molecule has 0 unspecified atom stereocenters. The summed E-state index contributed by atoms with van der Waals surface area (Å²) in [7, 11) is 3.71. The van der Waals surface area contributed by atoms with Crippen molar-refractivity contribution in [3.8, 4) is 11.4 Å². The molecule has 1 aromatic heterocycles. The van der Waals surface area contributed by atoms with E-state index in [1.807, 2.05) is 4.90 Å². The number of anilines is 1. The van der Waals surface area contributed by atoms with E-state index in [9.17, 15) is 9.59 Å². The molecule has 1 saturated heterocycles. The zero-order valence-corrected chi connectivity index (χ0v) is 13.3. The topological polar surface area (TPSA) is 71.8 Å². The maximum absolute atomic E-state index is 12.4. The van der Waals surface area contributed by atoms with Crippen LogP contribution in [0.1, 0.15) is 0 Å². The van der Waals surface area contributed by atoms with Crippen LogP contribution < -0.4 is 25.8 Å². The third-order valence-corrected chi connectivity index (χ3v) is 4.21. The second-order valence-corrected chi connectivity index (χ2v) is 5.78. The summed E-state index contributed by atoms with van der Waals surface area (Å²) in [5.41, 5.74) is -0.240. The number of hydrogen-bond acceptors (Lipinski definition) is 4. The van der Waals surface area contributed by atoms with E-state index in [0.717, 1.165) is 30.7 Å². The molecule has 2 N–H and O–H groups in total. The summed E-state index contributed by atoms with van der Waals surface area (Å²) in [5, 5.41) is 0. The number of aromatic amines is 1. The molecule has 0 radical (unpaired) electrons. The van der Waals surface area contributed by atoms with E-state index in [1.165, 1.54) is 11.0 Å². The highest BCUT2D eigenvalue weighted by Crippen LogP contribution is 2.13. The Morgan fingerprint density at radius 3 is 2.35 bits per heavy atom. The highest BCUT2D eigenvalue weighted by Gasteiger charge is 2.19. The molecular formula is C16H21N4O3+. The molecule has 3 rings (SSSR count). The molecule has 1 aromatic carbocycles. The first-order valence-corrected chi connectivity index (χ1v) is 7.65. The maximum atomic E-state index is 12.4. The smallest absolute Gasteiger partial charge is 0.334 e. The lowest BCUT2D eigenvalue weighted by Crippen LogP contribution is -3.12. The Bertz CT molecular complexity index is 755. The number of nitrogens with one attached hydrogen (secondary N) is 2. The number of ether oxygens (including phenoxy) is 1. The molecule has 0 spiro atoms. The first-order valence-electron chi connectivity index (χ1n) is 7.65. The fraction of sp³-hybridized carbons (Fsp3) is 0.375. The highest BCUT2D eigenvalue weighted by molar-refractivity contribution is 5.41. The summed E-state index contributed by atoms with van der Waals surface area (Å²) in [6, 6.07) is 8.31. The van der Waals surface area contributed by atoms with Crippen LogP contribution in [0.15, 0.2) is 39.9 Å². The largest absolute Gasteiger partial charge is 0.497 e. The minimum absolute atomic E-state index is 0.333. The van der Waals surface area contributed by atoms with E-state index in [-0.39, 0.29) is 5.56 Å². The summed E-state index contributed by atoms with van der Waals surface area (Å²) < 4.78 is 6.22. The van der Waals surface area contributed by atoms with E-state index >= 15 is 0 Å². The molecule has 122 valence electrons. The quantitative estimate of drug-likeness (QED) is 0.751. The van der Waals surface area contributed by atoms with Crippen molar-refractivity contribution in [2.24, 2.45) is 0 Å². The van der Waals surface area contributed by atoms with Gasteiger partial charge in [0.2, 0.25) is 0 Å². The van der Waals surface area contributed by atoms with Gasteiger partial charge in [-0.2, -0.15) is 0 Å². The van der Waals surface area contributed by atoms with Crippen molar-refractivity contribution in [1.29, 1.82) is 0 Å². The molecule has 0 bridgehead atoms. The Morgan fingerprint density at radius 2 is 1.78 bits per heavy atom. The van der Waals surface area contributed by atoms with Crippen LogP contribution in [0.4, 0.5) is 5.82 Å². The van der Waals surface area contributed by atoms with Gasteiger partial charge in [-0.15, -0.1) is 0 Å². The van der Waals surface area contributed by atoms with Crippen LogP contribution in [0.3, 0.4) is 0 Å². The molecule has 2 heterocycles. The summed E-state index contributed by atoms with van der Waals surface area (Å²) in [6.07, 6.45) is 0. The molecule has 23 heavy (non-hydrogen) atoms. The third kappa shape index (κ3) is 3.14. The van der Waals surface area contributed by atoms with Crippen LogP contribution in [-0.4, -0.2) is 49.9 Å². The standard InChI is InChI=1S/C16H20N4O3/c1-18-7-9-19(10-8-18)14-11-15(21)20(16(22)17-14)12-3-5-13(23-2)6-4-12/h3-6,11H,7-10H2,1-2H3,(H,17,22)/p+1. The Hall–Kier alpha value is -2.54. The van der Waals surface area contributed by atoms with Gasteiger partial charge in [0.15, 0.2) is 0 Å². The molecule has 7 heteroatoms. The van der Waals surface area contributed by atoms with E-state index in [4.69, 9.17) is 4.74 Å². The van der Waals surface area contributed by atoms with Crippen molar-refractivity contribution in [2.75, 3.05) is 45.2 Å². The number of likely N-dealkylation sites (N-methyl/N-ethyl adjacent to an activating group) is 1. The number of hydrogen-bond donors (Lipinski definition) is 2. The van der Waals surface area contributed by atoms with Crippen LogP contribution in [-0.2, 0) is 0 Å². The molecular weight excluding hydrogens is 296 g/mol. The fourth-order valence-corrected chi connectivity index (χ4v) is 2.76. The molecule has 2 aromatic rings. The van der Waals surface area contributed by atoms with E-state index < -0.39 is 5.69 Å². The molecule has 1 aliphatic rings. The monoisotopic (exact) mass is 317 g/mol. The number of aromatic nitrogens is 2. The van der Waals surface area contributed by atoms with Gasteiger partial charge in [0.25, 0.3) is 5.56 Å². The van der Waals surface area contributed by atoms with Gasteiger partial charge in [0.1, 0.15) is 11.6 Å². The number of methoxy groups -OCH3 is 1. The van der Waals surface area contributed by atoms with Crippen molar-refractivity contribution in [2.45, 2.75) is 0 Å². The number of benzene rings is 1. The molecule has 0 aliphatic carbocycles. The molecule has 7 nitrogen and oxygen atoms in total. The normalized spacial score (nSPS) is 15.7. The molecule has 0 saturated carbocycles. The van der Waals surface area contributed by atoms with Crippen molar-refractivity contribution in [3.05, 3.63) is 51.2 Å². The van der Waals surface area contributed by atoms with Crippen LogP contribution >= 0.6 is 0 Å². The highest BCUT2D eigenvalue weighted by atomic mass is 16.5. The second kappa shape index (κ2) is 6.29.